The molecule has 2 aliphatic rings. The third-order valence-electron chi connectivity index (χ3n) is 5.36. The first-order chi connectivity index (χ1) is 12.2. The van der Waals surface area contributed by atoms with E-state index in [-0.39, 0.29) is 6.10 Å². The van der Waals surface area contributed by atoms with Gasteiger partial charge < -0.3 is 15.4 Å². The van der Waals surface area contributed by atoms with Gasteiger partial charge in [-0.15, -0.1) is 0 Å². The number of rotatable bonds is 5. The fraction of sp³-hybridized carbons (Fsp3) is 0.706. The normalized spacial score (nSPS) is 25.8. The molecule has 0 amide bonds. The molecular formula is C17H26N6OS. The Morgan fingerprint density at radius 2 is 2.00 bits per heavy atom. The number of nitrogens with zero attached hydrogens (tertiary/aromatic N) is 5. The van der Waals surface area contributed by atoms with E-state index in [2.05, 4.69) is 31.6 Å². The van der Waals surface area contributed by atoms with Gasteiger partial charge in [-0.25, -0.2) is 15.0 Å². The van der Waals surface area contributed by atoms with Crippen LogP contribution in [0.5, 0.6) is 0 Å². The summed E-state index contributed by atoms with van der Waals surface area (Å²) in [6, 6.07) is 0. The number of anilines is 1. The van der Waals surface area contributed by atoms with Crippen molar-refractivity contribution in [1.82, 2.24) is 24.4 Å². The minimum Gasteiger partial charge on any atom is -0.391 e. The second-order valence-corrected chi connectivity index (χ2v) is 8.58. The Morgan fingerprint density at radius 3 is 2.84 bits per heavy atom. The van der Waals surface area contributed by atoms with Crippen molar-refractivity contribution in [2.75, 3.05) is 24.6 Å². The van der Waals surface area contributed by atoms with Gasteiger partial charge in [0.15, 0.2) is 11.5 Å². The van der Waals surface area contributed by atoms with Gasteiger partial charge in [0.25, 0.3) is 0 Å². The van der Waals surface area contributed by atoms with E-state index in [1.54, 1.807) is 6.33 Å². The summed E-state index contributed by atoms with van der Waals surface area (Å²) < 4.78 is 1.98. The number of aliphatic hydroxyl groups excluding tert-OH is 1. The Labute approximate surface area is 152 Å². The van der Waals surface area contributed by atoms with E-state index < -0.39 is 0 Å². The Bertz CT molecular complexity index is 716. The van der Waals surface area contributed by atoms with E-state index in [1.807, 2.05) is 4.57 Å². The molecule has 1 aliphatic carbocycles. The maximum atomic E-state index is 10.4. The van der Waals surface area contributed by atoms with Gasteiger partial charge in [0.2, 0.25) is 0 Å². The van der Waals surface area contributed by atoms with E-state index in [4.69, 9.17) is 5.73 Å². The van der Waals surface area contributed by atoms with Crippen molar-refractivity contribution in [3.63, 3.8) is 0 Å². The smallest absolute Gasteiger partial charge is 0.166 e. The molecule has 0 spiro atoms. The largest absolute Gasteiger partial charge is 0.391 e. The number of hydrogen-bond donors (Lipinski definition) is 2. The van der Waals surface area contributed by atoms with Crippen LogP contribution < -0.4 is 5.73 Å². The highest BCUT2D eigenvalue weighted by Crippen LogP contribution is 2.31. The van der Waals surface area contributed by atoms with Crippen molar-refractivity contribution in [3.05, 3.63) is 12.7 Å². The molecule has 2 fully saturated rings. The van der Waals surface area contributed by atoms with Crippen LogP contribution >= 0.6 is 11.8 Å². The van der Waals surface area contributed by atoms with Gasteiger partial charge in [-0.2, -0.15) is 11.8 Å². The van der Waals surface area contributed by atoms with Crippen LogP contribution in [0.3, 0.4) is 0 Å². The number of β-amino-alcohol motifs (C(OH)–C–C–N with tert-alkyl or cyclic N) is 1. The Balaban J connectivity index is 1.35. The quantitative estimate of drug-likeness (QED) is 0.836. The lowest BCUT2D eigenvalue weighted by molar-refractivity contribution is 0.145. The van der Waals surface area contributed by atoms with Crippen LogP contribution in [0, 0.1) is 5.92 Å². The summed E-state index contributed by atoms with van der Waals surface area (Å²) in [6.07, 6.45) is 9.81. The van der Waals surface area contributed by atoms with Crippen LogP contribution in [-0.4, -0.2) is 59.7 Å². The lowest BCUT2D eigenvalue weighted by atomic mass is 10.0. The van der Waals surface area contributed by atoms with E-state index in [9.17, 15) is 5.11 Å². The van der Waals surface area contributed by atoms with Gasteiger partial charge in [-0.05, 0) is 12.8 Å². The number of fused-ring (bicyclic) bond motifs is 1. The summed E-state index contributed by atoms with van der Waals surface area (Å²) in [5.41, 5.74) is 7.25. The molecule has 7 nitrogen and oxygen atoms in total. The first-order valence-electron chi connectivity index (χ1n) is 9.14. The van der Waals surface area contributed by atoms with Gasteiger partial charge in [0, 0.05) is 30.0 Å². The molecule has 3 N–H and O–H groups in total. The predicted octanol–water partition coefficient (Wildman–Crippen LogP) is 1.72. The van der Waals surface area contributed by atoms with E-state index in [0.717, 1.165) is 23.2 Å². The van der Waals surface area contributed by atoms with Gasteiger partial charge in [0.05, 0.1) is 19.1 Å². The van der Waals surface area contributed by atoms with Crippen molar-refractivity contribution < 1.29 is 5.11 Å². The van der Waals surface area contributed by atoms with Crippen molar-refractivity contribution in [1.29, 1.82) is 0 Å². The fourth-order valence-electron chi connectivity index (χ4n) is 3.93. The zero-order chi connectivity index (χ0) is 17.2. The van der Waals surface area contributed by atoms with Gasteiger partial charge in [-0.3, -0.25) is 4.90 Å². The van der Waals surface area contributed by atoms with Crippen molar-refractivity contribution in [3.8, 4) is 0 Å². The number of hydrogen-bond acceptors (Lipinski definition) is 7. The number of likely N-dealkylation sites (tertiary alicyclic amines) is 1. The van der Waals surface area contributed by atoms with E-state index >= 15 is 0 Å². The van der Waals surface area contributed by atoms with Crippen molar-refractivity contribution in [2.24, 2.45) is 5.92 Å². The van der Waals surface area contributed by atoms with E-state index in [1.165, 1.54) is 38.4 Å². The number of thioether (sulfide) groups is 1. The number of aliphatic hydroxyl groups is 1. The third-order valence-corrected chi connectivity index (χ3v) is 6.93. The lowest BCUT2D eigenvalue weighted by Crippen LogP contribution is -2.25. The molecule has 0 aromatic carbocycles. The molecule has 1 aliphatic heterocycles. The molecule has 3 heterocycles. The SMILES string of the molecule is Nc1ncnc2c1ncn2CN1C[C@H](CSC2CCCCC2)[C@@H](O)C1. The Kier molecular flexibility index (Phi) is 5.10. The fourth-order valence-corrected chi connectivity index (χ4v) is 5.44. The Hall–Kier alpha value is -1.38. The molecule has 4 rings (SSSR count). The number of aromatic nitrogens is 4. The van der Waals surface area contributed by atoms with Crippen LogP contribution in [0.1, 0.15) is 32.1 Å². The summed E-state index contributed by atoms with van der Waals surface area (Å²) in [6.45, 7) is 2.30. The zero-order valence-corrected chi connectivity index (χ0v) is 15.2. The molecule has 0 radical (unpaired) electrons. The molecule has 25 heavy (non-hydrogen) atoms. The van der Waals surface area contributed by atoms with Crippen LogP contribution in [0.15, 0.2) is 12.7 Å². The standard InChI is InChI=1S/C17H26N6OS/c18-16-15-17(20-9-19-16)23(10-21-15)11-22-6-12(14(24)7-22)8-25-13-4-2-1-3-5-13/h9-10,12-14,24H,1-8,11H2,(H2,18,19,20)/t12-,14+/m1/s1. The first-order valence-corrected chi connectivity index (χ1v) is 10.2. The number of nitrogen functional groups attached to an aromatic ring is 1. The minimum absolute atomic E-state index is 0.245. The Morgan fingerprint density at radius 1 is 1.16 bits per heavy atom. The molecule has 2 aromatic rings. The monoisotopic (exact) mass is 362 g/mol. The molecule has 0 bridgehead atoms. The summed E-state index contributed by atoms with van der Waals surface area (Å²) in [7, 11) is 0. The number of nitrogens with two attached hydrogens (primary N) is 1. The molecule has 2 atom stereocenters. The van der Waals surface area contributed by atoms with Crippen molar-refractivity contribution >= 4 is 28.7 Å². The molecule has 2 aromatic heterocycles. The van der Waals surface area contributed by atoms with Crippen LogP contribution in [-0.2, 0) is 6.67 Å². The first kappa shape index (κ1) is 17.1. The highest BCUT2D eigenvalue weighted by atomic mass is 32.2. The highest BCUT2D eigenvalue weighted by Gasteiger charge is 2.32. The summed E-state index contributed by atoms with van der Waals surface area (Å²) in [5.74, 6) is 1.82. The predicted molar refractivity (Wildman–Crippen MR) is 100 cm³/mol. The summed E-state index contributed by atoms with van der Waals surface area (Å²) in [4.78, 5) is 14.9. The molecule has 8 heteroatoms. The van der Waals surface area contributed by atoms with Gasteiger partial charge >= 0.3 is 0 Å². The second kappa shape index (κ2) is 7.47. The second-order valence-electron chi connectivity index (χ2n) is 7.24. The van der Waals surface area contributed by atoms with Crippen LogP contribution in [0.25, 0.3) is 11.2 Å². The third kappa shape index (κ3) is 3.75. The average Bonchev–Trinajstić information content (AvgIpc) is 3.19. The lowest BCUT2D eigenvalue weighted by Gasteiger charge is -2.23. The molecule has 1 saturated carbocycles. The maximum absolute atomic E-state index is 10.4. The van der Waals surface area contributed by atoms with Crippen molar-refractivity contribution in [2.45, 2.75) is 50.1 Å². The summed E-state index contributed by atoms with van der Waals surface area (Å²) >= 11 is 2.07. The number of imidazole rings is 1. The minimum atomic E-state index is -0.245. The molecule has 0 unspecified atom stereocenters. The molecule has 1 saturated heterocycles. The van der Waals surface area contributed by atoms with Gasteiger partial charge in [0.1, 0.15) is 11.8 Å². The molecule has 136 valence electrons. The van der Waals surface area contributed by atoms with Crippen LogP contribution in [0.4, 0.5) is 5.82 Å². The van der Waals surface area contributed by atoms with Crippen LogP contribution in [0.2, 0.25) is 0 Å². The summed E-state index contributed by atoms with van der Waals surface area (Å²) in [5, 5.41) is 11.2. The zero-order valence-electron chi connectivity index (χ0n) is 14.4. The highest BCUT2D eigenvalue weighted by molar-refractivity contribution is 7.99. The van der Waals surface area contributed by atoms with E-state index in [0.29, 0.717) is 30.5 Å². The average molecular weight is 363 g/mol. The maximum Gasteiger partial charge on any atom is 0.166 e. The topological polar surface area (TPSA) is 93.1 Å². The molecular weight excluding hydrogens is 336 g/mol. The van der Waals surface area contributed by atoms with Gasteiger partial charge in [-0.1, -0.05) is 19.3 Å².